The zero-order chi connectivity index (χ0) is 46.0. The average molecular weight is 859 g/mol. The molecule has 63 heavy (non-hydrogen) atoms. The van der Waals surface area contributed by atoms with Crippen molar-refractivity contribution in [3.8, 4) is 0 Å². The summed E-state index contributed by atoms with van der Waals surface area (Å²) in [6.07, 6.45) is -1.10. The molecule has 14 nitrogen and oxygen atoms in total. The van der Waals surface area contributed by atoms with E-state index in [9.17, 15) is 24.0 Å². The molecule has 332 valence electrons. The summed E-state index contributed by atoms with van der Waals surface area (Å²) in [5.74, 6) is -3.10. The number of rotatable bonds is 16. The molecule has 8 N–H and O–H groups in total. The first-order chi connectivity index (χ1) is 29.6. The molecule has 5 aromatic carbocycles. The first-order valence-electron chi connectivity index (χ1n) is 21.1. The van der Waals surface area contributed by atoms with Gasteiger partial charge in [-0.25, -0.2) is 0 Å². The van der Waals surface area contributed by atoms with Gasteiger partial charge < -0.3 is 46.3 Å². The number of quaternary nitrogens is 1. The van der Waals surface area contributed by atoms with E-state index >= 15 is 0 Å². The van der Waals surface area contributed by atoms with E-state index < -0.39 is 77.2 Å². The predicted molar refractivity (Wildman–Crippen MR) is 243 cm³/mol. The topological polar surface area (TPSA) is 204 Å². The number of hydrogen-bond acceptors (Lipinski definition) is 8. The maximum atomic E-state index is 14.0. The van der Waals surface area contributed by atoms with Gasteiger partial charge in [-0.3, -0.25) is 24.0 Å². The lowest BCUT2D eigenvalue weighted by Gasteiger charge is -2.37. The van der Waals surface area contributed by atoms with Gasteiger partial charge in [-0.1, -0.05) is 109 Å². The average Bonchev–Trinajstić information content (AvgIpc) is 3.64. The fourth-order valence-corrected chi connectivity index (χ4v) is 7.82. The number of fused-ring (bicyclic) bond motifs is 2. The number of carbonyl (C=O) groups is 5. The second kappa shape index (κ2) is 17.9. The molecule has 6 rings (SSSR count). The van der Waals surface area contributed by atoms with Gasteiger partial charge in [0.15, 0.2) is 5.54 Å². The van der Waals surface area contributed by atoms with Gasteiger partial charge in [0.2, 0.25) is 23.6 Å². The van der Waals surface area contributed by atoms with E-state index in [1.165, 1.54) is 27.7 Å². The molecule has 1 aliphatic heterocycles. The fourth-order valence-electron chi connectivity index (χ4n) is 7.82. The Morgan fingerprint density at radius 1 is 0.603 bits per heavy atom. The zero-order valence-electron chi connectivity index (χ0n) is 37.5. The highest BCUT2D eigenvalue weighted by molar-refractivity contribution is 6.76. The first-order valence-corrected chi connectivity index (χ1v) is 21.1. The summed E-state index contributed by atoms with van der Waals surface area (Å²) >= 11 is 0. The maximum absolute atomic E-state index is 14.0. The van der Waals surface area contributed by atoms with Crippen LogP contribution in [0, 0.1) is 0 Å². The van der Waals surface area contributed by atoms with Gasteiger partial charge in [-0.15, -0.1) is 5.46 Å². The number of nitrogens with two attached hydrogens (primary N) is 2. The summed E-state index contributed by atoms with van der Waals surface area (Å²) in [5.41, 5.74) is 3.09. The summed E-state index contributed by atoms with van der Waals surface area (Å²) < 4.78 is 20.6. The van der Waals surface area contributed by atoms with E-state index in [1.54, 1.807) is 34.8 Å². The molecule has 1 heterocycles. The summed E-state index contributed by atoms with van der Waals surface area (Å²) in [5, 5.41) is 16.7. The smallest absolute Gasteiger partial charge is 0.410 e. The van der Waals surface area contributed by atoms with Crippen LogP contribution in [0.1, 0.15) is 84.3 Å². The Bertz CT molecular complexity index is 2460. The molecule has 0 bridgehead atoms. The molecule has 0 aliphatic carbocycles. The summed E-state index contributed by atoms with van der Waals surface area (Å²) in [6.45, 7) is 9.82. The molecule has 0 radical (unpaired) electrons. The predicted octanol–water partition coefficient (Wildman–Crippen LogP) is 3.44. The second-order valence-corrected chi connectivity index (χ2v) is 18.3. The van der Waals surface area contributed by atoms with Crippen LogP contribution >= 0.6 is 0 Å². The molecule has 2 atom stereocenters. The standard InChI is InChI=1S/C48H58BN6O8/c1-45(2,42(58)53-47(5,6)44(60)55-48(7,8)43(59)54-46(3,4)41(57)51-29-38(50)56)52-28-32-20-12-15-27-37(32)49(61-9)62-39(35-25-16-21-30-18-10-13-23-33(30)35)40(63-49)36-26-17-22-31-19-11-14-24-34(31)36/h10-27,39-40,52H,28-29H2,1-9H3,(H2,50,56)(H,51,57)(H,53,58)(H,54,59)(H,55,60)/q-1/p+1/t39-,40-/m1/s1. The van der Waals surface area contributed by atoms with Gasteiger partial charge >= 0.3 is 6.75 Å². The minimum atomic E-state index is -2.56. The van der Waals surface area contributed by atoms with Crippen molar-refractivity contribution in [3.05, 3.63) is 126 Å². The molecular formula is C48H59BN6O8. The third kappa shape index (κ3) is 9.92. The van der Waals surface area contributed by atoms with E-state index in [1.807, 2.05) is 66.0 Å². The van der Waals surface area contributed by atoms with Gasteiger partial charge in [-0.2, -0.15) is 0 Å². The number of hydrogen-bond donors (Lipinski definition) is 6. The van der Waals surface area contributed by atoms with Gasteiger partial charge in [0.1, 0.15) is 16.6 Å². The Hall–Kier alpha value is -6.13. The molecular weight excluding hydrogens is 799 g/mol. The molecule has 0 saturated carbocycles. The lowest BCUT2D eigenvalue weighted by atomic mass is 9.67. The van der Waals surface area contributed by atoms with Crippen LogP contribution in [0.3, 0.4) is 0 Å². The highest BCUT2D eigenvalue weighted by Gasteiger charge is 2.48. The second-order valence-electron chi connectivity index (χ2n) is 18.3. The highest BCUT2D eigenvalue weighted by Crippen LogP contribution is 2.48. The largest absolute Gasteiger partial charge is 0.543 e. The molecule has 0 unspecified atom stereocenters. The van der Waals surface area contributed by atoms with E-state index in [-0.39, 0.29) is 0 Å². The van der Waals surface area contributed by atoms with Gasteiger partial charge in [0, 0.05) is 0 Å². The molecule has 5 amide bonds. The normalized spacial score (nSPS) is 16.7. The minimum Gasteiger partial charge on any atom is -0.543 e. The van der Waals surface area contributed by atoms with Crippen LogP contribution in [-0.4, -0.2) is 72.1 Å². The highest BCUT2D eigenvalue weighted by atomic mass is 16.8. The van der Waals surface area contributed by atoms with Crippen molar-refractivity contribution in [1.29, 1.82) is 0 Å². The van der Waals surface area contributed by atoms with Crippen LogP contribution in [0.15, 0.2) is 109 Å². The van der Waals surface area contributed by atoms with E-state index in [0.717, 1.165) is 38.2 Å². The van der Waals surface area contributed by atoms with Crippen molar-refractivity contribution >= 4 is 63.3 Å². The SMILES string of the molecule is CO[B-]1(c2ccccc2C[NH2+]C(C)(C)C(=O)NC(C)(C)C(=O)NC(C)(C)C(=O)NC(C)(C)C(=O)NCC(N)=O)O[C@H](c2cccc3ccccc23)[C@@H](c2cccc3ccccc23)O1. The monoisotopic (exact) mass is 858 g/mol. The Kier molecular flexibility index (Phi) is 13.2. The van der Waals surface area contributed by atoms with Crippen LogP contribution in [0.5, 0.6) is 0 Å². The molecule has 0 aromatic heterocycles. The first kappa shape index (κ1) is 46.4. The molecule has 5 aromatic rings. The molecule has 1 fully saturated rings. The molecule has 1 aliphatic rings. The number of carbonyl (C=O) groups excluding carboxylic acids is 5. The zero-order valence-corrected chi connectivity index (χ0v) is 37.5. The van der Waals surface area contributed by atoms with E-state index in [2.05, 4.69) is 69.8 Å². The lowest BCUT2D eigenvalue weighted by Crippen LogP contribution is -2.97. The third-order valence-electron chi connectivity index (χ3n) is 11.8. The number of primary amides is 1. The van der Waals surface area contributed by atoms with E-state index in [0.29, 0.717) is 12.0 Å². The van der Waals surface area contributed by atoms with Crippen molar-refractivity contribution in [2.24, 2.45) is 5.73 Å². The van der Waals surface area contributed by atoms with Crippen molar-refractivity contribution in [2.75, 3.05) is 13.7 Å². The number of nitrogens with one attached hydrogen (secondary N) is 4. The summed E-state index contributed by atoms with van der Waals surface area (Å²) in [4.78, 5) is 64.8. The molecule has 0 spiro atoms. The van der Waals surface area contributed by atoms with Gasteiger partial charge in [-0.05, 0) is 101 Å². The lowest BCUT2D eigenvalue weighted by molar-refractivity contribution is -0.720. The summed E-state index contributed by atoms with van der Waals surface area (Å²) in [7, 11) is 1.59. The Balaban J connectivity index is 1.21. The Morgan fingerprint density at radius 3 is 1.52 bits per heavy atom. The van der Waals surface area contributed by atoms with Gasteiger partial charge in [0.05, 0.1) is 25.3 Å². The minimum absolute atomic E-state index is 0.316. The third-order valence-corrected chi connectivity index (χ3v) is 11.8. The van der Waals surface area contributed by atoms with Crippen molar-refractivity contribution in [2.45, 2.75) is 96.3 Å². The van der Waals surface area contributed by atoms with Crippen LogP contribution in [0.25, 0.3) is 21.5 Å². The molecule has 1 saturated heterocycles. The molecule has 15 heteroatoms. The maximum Gasteiger partial charge on any atom is 0.410 e. The number of amides is 5. The van der Waals surface area contributed by atoms with Crippen LogP contribution in [0.2, 0.25) is 0 Å². The van der Waals surface area contributed by atoms with Crippen LogP contribution < -0.4 is 37.8 Å². The Labute approximate surface area is 368 Å². The summed E-state index contributed by atoms with van der Waals surface area (Å²) in [6, 6.07) is 36.5. The van der Waals surface area contributed by atoms with Crippen molar-refractivity contribution in [3.63, 3.8) is 0 Å². The van der Waals surface area contributed by atoms with Crippen LogP contribution in [-0.2, 0) is 44.5 Å². The van der Waals surface area contributed by atoms with Crippen LogP contribution in [0.4, 0.5) is 0 Å². The van der Waals surface area contributed by atoms with E-state index in [4.69, 9.17) is 19.7 Å². The Morgan fingerprint density at radius 2 is 1.03 bits per heavy atom. The van der Waals surface area contributed by atoms with Crippen molar-refractivity contribution in [1.82, 2.24) is 21.3 Å². The number of benzene rings is 5. The van der Waals surface area contributed by atoms with Crippen molar-refractivity contribution < 1.29 is 43.3 Å². The quantitative estimate of drug-likeness (QED) is 0.0810. The fraction of sp³-hybridized carbons (Fsp3) is 0.354. The van der Waals surface area contributed by atoms with Gasteiger partial charge in [0.25, 0.3) is 5.91 Å².